The van der Waals surface area contributed by atoms with Gasteiger partial charge in [0.05, 0.1) is 6.54 Å². The van der Waals surface area contributed by atoms with E-state index in [-0.39, 0.29) is 0 Å². The first-order chi connectivity index (χ1) is 9.25. The molecular formula is C17H23N2+. The number of quaternary nitrogens is 1. The Kier molecular flexibility index (Phi) is 4.99. The molecule has 0 bridgehead atoms. The molecule has 0 heterocycles. The molecule has 2 N–H and O–H groups in total. The van der Waals surface area contributed by atoms with Crippen LogP contribution in [-0.2, 0) is 13.0 Å². The highest BCUT2D eigenvalue weighted by Crippen LogP contribution is 2.11. The van der Waals surface area contributed by atoms with Gasteiger partial charge in [0.1, 0.15) is 6.54 Å². The van der Waals surface area contributed by atoms with Crippen LogP contribution in [0.15, 0.2) is 54.6 Å². The van der Waals surface area contributed by atoms with E-state index >= 15 is 0 Å². The highest BCUT2D eigenvalue weighted by atomic mass is 15.1. The second-order valence-electron chi connectivity index (χ2n) is 5.08. The molecule has 0 spiro atoms. The summed E-state index contributed by atoms with van der Waals surface area (Å²) in [4.78, 5) is 2.13. The van der Waals surface area contributed by atoms with Crippen LogP contribution in [0.4, 0.5) is 5.69 Å². The van der Waals surface area contributed by atoms with Crippen LogP contribution in [0.25, 0.3) is 0 Å². The lowest BCUT2D eigenvalue weighted by atomic mass is 10.1. The summed E-state index contributed by atoms with van der Waals surface area (Å²) in [7, 11) is 4.14. The van der Waals surface area contributed by atoms with Crippen LogP contribution >= 0.6 is 0 Å². The number of hydrogen-bond acceptors (Lipinski definition) is 1. The van der Waals surface area contributed by atoms with Crippen molar-refractivity contribution in [1.82, 2.24) is 0 Å². The molecule has 100 valence electrons. The molecular weight excluding hydrogens is 232 g/mol. The summed E-state index contributed by atoms with van der Waals surface area (Å²) in [5.41, 5.74) is 4.06. The van der Waals surface area contributed by atoms with Gasteiger partial charge in [-0.25, -0.2) is 0 Å². The quantitative estimate of drug-likeness (QED) is 0.783. The molecule has 0 aliphatic carbocycles. The van der Waals surface area contributed by atoms with Crippen molar-refractivity contribution in [3.63, 3.8) is 0 Å². The molecule has 0 radical (unpaired) electrons. The third kappa shape index (κ3) is 4.42. The first-order valence-electron chi connectivity index (χ1n) is 6.87. The zero-order chi connectivity index (χ0) is 13.5. The molecule has 0 saturated carbocycles. The number of benzene rings is 2. The molecule has 0 amide bonds. The minimum absolute atomic E-state index is 1.06. The summed E-state index contributed by atoms with van der Waals surface area (Å²) in [6, 6.07) is 19.5. The first-order valence-corrected chi connectivity index (χ1v) is 6.87. The fourth-order valence-electron chi connectivity index (χ4n) is 2.11. The third-order valence-corrected chi connectivity index (χ3v) is 3.31. The van der Waals surface area contributed by atoms with Crippen molar-refractivity contribution < 1.29 is 5.32 Å². The smallest absolute Gasteiger partial charge is 0.101 e. The van der Waals surface area contributed by atoms with E-state index in [1.54, 1.807) is 0 Å². The molecule has 2 aromatic rings. The van der Waals surface area contributed by atoms with Gasteiger partial charge in [-0.15, -0.1) is 0 Å². The predicted molar refractivity (Wildman–Crippen MR) is 81.4 cm³/mol. The average Bonchev–Trinajstić information content (AvgIpc) is 2.45. The maximum Gasteiger partial charge on any atom is 0.101 e. The lowest BCUT2D eigenvalue weighted by molar-refractivity contribution is -0.670. The molecule has 2 rings (SSSR count). The highest BCUT2D eigenvalue weighted by molar-refractivity contribution is 5.45. The summed E-state index contributed by atoms with van der Waals surface area (Å²) < 4.78 is 0. The van der Waals surface area contributed by atoms with Crippen LogP contribution in [0.3, 0.4) is 0 Å². The lowest BCUT2D eigenvalue weighted by Crippen LogP contribution is -2.83. The van der Waals surface area contributed by atoms with E-state index in [2.05, 4.69) is 78.9 Å². The van der Waals surface area contributed by atoms with Gasteiger partial charge in [-0.1, -0.05) is 42.5 Å². The monoisotopic (exact) mass is 255 g/mol. The van der Waals surface area contributed by atoms with Gasteiger partial charge in [0.25, 0.3) is 0 Å². The van der Waals surface area contributed by atoms with E-state index in [4.69, 9.17) is 0 Å². The lowest BCUT2D eigenvalue weighted by Gasteiger charge is -2.12. The summed E-state index contributed by atoms with van der Waals surface area (Å²) in [5.74, 6) is 0. The fourth-order valence-corrected chi connectivity index (χ4v) is 2.11. The molecule has 0 saturated heterocycles. The van der Waals surface area contributed by atoms with E-state index in [9.17, 15) is 0 Å². The average molecular weight is 255 g/mol. The van der Waals surface area contributed by atoms with Gasteiger partial charge in [0.15, 0.2) is 0 Å². The van der Waals surface area contributed by atoms with Crippen molar-refractivity contribution in [2.24, 2.45) is 0 Å². The standard InChI is InChI=1S/C17H22N2/c1-19(2)17-10-8-16(9-11-17)14-18-13-12-15-6-4-3-5-7-15/h3-11,18H,12-14H2,1-2H3/p+1. The number of rotatable bonds is 6. The Labute approximate surface area is 116 Å². The molecule has 0 aromatic heterocycles. The normalized spacial score (nSPS) is 10.4. The van der Waals surface area contributed by atoms with Crippen molar-refractivity contribution in [1.29, 1.82) is 0 Å². The van der Waals surface area contributed by atoms with Gasteiger partial charge < -0.3 is 10.2 Å². The number of anilines is 1. The zero-order valence-electron chi connectivity index (χ0n) is 11.8. The zero-order valence-corrected chi connectivity index (χ0v) is 11.8. The van der Waals surface area contributed by atoms with Crippen molar-refractivity contribution in [3.05, 3.63) is 65.7 Å². The topological polar surface area (TPSA) is 19.9 Å². The van der Waals surface area contributed by atoms with Gasteiger partial charge in [-0.2, -0.15) is 0 Å². The van der Waals surface area contributed by atoms with Gasteiger partial charge in [0.2, 0.25) is 0 Å². The highest BCUT2D eigenvalue weighted by Gasteiger charge is 1.98. The second-order valence-corrected chi connectivity index (χ2v) is 5.08. The Morgan fingerprint density at radius 3 is 2.16 bits per heavy atom. The number of hydrogen-bond donors (Lipinski definition) is 1. The van der Waals surface area contributed by atoms with Gasteiger partial charge in [-0.3, -0.25) is 0 Å². The predicted octanol–water partition coefficient (Wildman–Crippen LogP) is 2.06. The Hall–Kier alpha value is -1.80. The molecule has 0 aliphatic heterocycles. The van der Waals surface area contributed by atoms with Crippen LogP contribution in [0.5, 0.6) is 0 Å². The molecule has 0 unspecified atom stereocenters. The molecule has 0 atom stereocenters. The maximum absolute atomic E-state index is 2.37. The molecule has 19 heavy (non-hydrogen) atoms. The number of nitrogens with two attached hydrogens (primary N) is 1. The second kappa shape index (κ2) is 6.95. The maximum atomic E-state index is 2.37. The van der Waals surface area contributed by atoms with Gasteiger partial charge in [-0.05, 0) is 17.7 Å². The van der Waals surface area contributed by atoms with Crippen molar-refractivity contribution in [2.45, 2.75) is 13.0 Å². The van der Waals surface area contributed by atoms with Gasteiger partial charge in [0, 0.05) is 31.8 Å². The summed E-state index contributed by atoms with van der Waals surface area (Å²) in [6.07, 6.45) is 1.14. The minimum atomic E-state index is 1.06. The molecule has 0 fully saturated rings. The summed E-state index contributed by atoms with van der Waals surface area (Å²) >= 11 is 0. The molecule has 2 aromatic carbocycles. The minimum Gasteiger partial charge on any atom is -0.378 e. The van der Waals surface area contributed by atoms with Crippen LogP contribution in [-0.4, -0.2) is 20.6 Å². The fraction of sp³-hybridized carbons (Fsp3) is 0.294. The SMILES string of the molecule is CN(C)c1ccc(C[NH2+]CCc2ccccc2)cc1. The van der Waals surface area contributed by atoms with Crippen LogP contribution in [0.1, 0.15) is 11.1 Å². The van der Waals surface area contributed by atoms with E-state index in [0.29, 0.717) is 0 Å². The molecule has 2 heteroatoms. The summed E-state index contributed by atoms with van der Waals surface area (Å²) in [6.45, 7) is 2.19. The third-order valence-electron chi connectivity index (χ3n) is 3.31. The van der Waals surface area contributed by atoms with Crippen molar-refractivity contribution in [2.75, 3.05) is 25.5 Å². The Morgan fingerprint density at radius 2 is 1.53 bits per heavy atom. The largest absolute Gasteiger partial charge is 0.378 e. The van der Waals surface area contributed by atoms with E-state index < -0.39 is 0 Å². The van der Waals surface area contributed by atoms with Gasteiger partial charge >= 0.3 is 0 Å². The van der Waals surface area contributed by atoms with Crippen molar-refractivity contribution >= 4 is 5.69 Å². The number of nitrogens with zero attached hydrogens (tertiary/aromatic N) is 1. The van der Waals surface area contributed by atoms with E-state index in [0.717, 1.165) is 19.5 Å². The van der Waals surface area contributed by atoms with Crippen LogP contribution in [0.2, 0.25) is 0 Å². The van der Waals surface area contributed by atoms with E-state index in [1.165, 1.54) is 16.8 Å². The van der Waals surface area contributed by atoms with E-state index in [1.807, 2.05) is 0 Å². The molecule has 0 aliphatic rings. The van der Waals surface area contributed by atoms with Crippen LogP contribution in [0, 0.1) is 0 Å². The van der Waals surface area contributed by atoms with Crippen LogP contribution < -0.4 is 10.2 Å². The Balaban J connectivity index is 1.74. The Bertz CT molecular complexity index is 474. The summed E-state index contributed by atoms with van der Waals surface area (Å²) in [5, 5.41) is 2.37. The molecule has 2 nitrogen and oxygen atoms in total. The Morgan fingerprint density at radius 1 is 0.842 bits per heavy atom. The van der Waals surface area contributed by atoms with Crippen molar-refractivity contribution in [3.8, 4) is 0 Å². The first kappa shape index (κ1) is 13.6.